The molecule has 2 rings (SSSR count). The normalized spacial score (nSPS) is 13.7. The monoisotopic (exact) mass is 306 g/mol. The molecule has 6 heteroatoms. The van der Waals surface area contributed by atoms with Crippen LogP contribution in [0.15, 0.2) is 18.2 Å². The molecule has 1 aromatic rings. The van der Waals surface area contributed by atoms with Crippen LogP contribution >= 0.6 is 0 Å². The SMILES string of the molecule is CC(C)(C)NC(=O)C(C)(C)C(=O)Nc1ccc2c(c1)OCO2. The van der Waals surface area contributed by atoms with Gasteiger partial charge in [-0.2, -0.15) is 0 Å². The molecule has 1 aliphatic heterocycles. The fraction of sp³-hybridized carbons (Fsp3) is 0.500. The number of fused-ring (bicyclic) bond motifs is 1. The van der Waals surface area contributed by atoms with Crippen LogP contribution in [0.2, 0.25) is 0 Å². The van der Waals surface area contributed by atoms with Crippen molar-refractivity contribution in [2.45, 2.75) is 40.2 Å². The topological polar surface area (TPSA) is 76.7 Å². The molecular weight excluding hydrogens is 284 g/mol. The number of anilines is 1. The lowest BCUT2D eigenvalue weighted by Gasteiger charge is -2.28. The summed E-state index contributed by atoms with van der Waals surface area (Å²) in [6.45, 7) is 8.98. The Bertz CT molecular complexity index is 603. The minimum atomic E-state index is -1.19. The lowest BCUT2D eigenvalue weighted by molar-refractivity contribution is -0.139. The number of hydrogen-bond donors (Lipinski definition) is 2. The molecule has 0 bridgehead atoms. The number of hydrogen-bond acceptors (Lipinski definition) is 4. The van der Waals surface area contributed by atoms with E-state index in [1.807, 2.05) is 20.8 Å². The zero-order valence-corrected chi connectivity index (χ0v) is 13.6. The number of nitrogens with one attached hydrogen (secondary N) is 2. The molecule has 0 saturated heterocycles. The smallest absolute Gasteiger partial charge is 0.239 e. The second-order valence-electron chi connectivity index (χ2n) is 6.85. The summed E-state index contributed by atoms with van der Waals surface area (Å²) in [5, 5.41) is 5.57. The van der Waals surface area contributed by atoms with Crippen molar-refractivity contribution in [3.05, 3.63) is 18.2 Å². The molecule has 0 unspecified atom stereocenters. The molecule has 22 heavy (non-hydrogen) atoms. The van der Waals surface area contributed by atoms with E-state index in [1.54, 1.807) is 32.0 Å². The fourth-order valence-corrected chi connectivity index (χ4v) is 1.86. The minimum Gasteiger partial charge on any atom is -0.454 e. The van der Waals surface area contributed by atoms with Gasteiger partial charge in [-0.25, -0.2) is 0 Å². The van der Waals surface area contributed by atoms with E-state index in [2.05, 4.69) is 10.6 Å². The Kier molecular flexibility index (Phi) is 4.04. The van der Waals surface area contributed by atoms with Gasteiger partial charge in [-0.15, -0.1) is 0 Å². The molecule has 2 N–H and O–H groups in total. The van der Waals surface area contributed by atoms with Crippen LogP contribution in [0, 0.1) is 5.41 Å². The molecule has 0 radical (unpaired) electrons. The van der Waals surface area contributed by atoms with E-state index in [-0.39, 0.29) is 18.6 Å². The fourth-order valence-electron chi connectivity index (χ4n) is 1.86. The number of benzene rings is 1. The highest BCUT2D eigenvalue weighted by Crippen LogP contribution is 2.34. The van der Waals surface area contributed by atoms with E-state index in [0.717, 1.165) is 0 Å². The van der Waals surface area contributed by atoms with Crippen LogP contribution in [0.5, 0.6) is 11.5 Å². The highest BCUT2D eigenvalue weighted by Gasteiger charge is 2.37. The molecule has 1 aromatic carbocycles. The van der Waals surface area contributed by atoms with Crippen molar-refractivity contribution in [3.63, 3.8) is 0 Å². The quantitative estimate of drug-likeness (QED) is 0.840. The first kappa shape index (κ1) is 16.1. The van der Waals surface area contributed by atoms with E-state index in [9.17, 15) is 9.59 Å². The van der Waals surface area contributed by atoms with E-state index in [0.29, 0.717) is 17.2 Å². The Balaban J connectivity index is 2.09. The molecule has 0 spiro atoms. The summed E-state index contributed by atoms with van der Waals surface area (Å²) in [6.07, 6.45) is 0. The molecule has 6 nitrogen and oxygen atoms in total. The van der Waals surface area contributed by atoms with Gasteiger partial charge in [-0.05, 0) is 46.8 Å². The van der Waals surface area contributed by atoms with Gasteiger partial charge in [0, 0.05) is 17.3 Å². The van der Waals surface area contributed by atoms with Gasteiger partial charge in [0.1, 0.15) is 5.41 Å². The number of rotatable bonds is 3. The molecule has 1 heterocycles. The summed E-state index contributed by atoms with van der Waals surface area (Å²) in [5.74, 6) is 0.517. The van der Waals surface area contributed by atoms with Crippen molar-refractivity contribution < 1.29 is 19.1 Å². The van der Waals surface area contributed by atoms with Crippen LogP contribution in [0.4, 0.5) is 5.69 Å². The van der Waals surface area contributed by atoms with Crippen LogP contribution in [-0.4, -0.2) is 24.1 Å². The second kappa shape index (κ2) is 5.51. The minimum absolute atomic E-state index is 0.173. The van der Waals surface area contributed by atoms with Gasteiger partial charge < -0.3 is 20.1 Å². The van der Waals surface area contributed by atoms with Gasteiger partial charge >= 0.3 is 0 Å². The third-order valence-electron chi connectivity index (χ3n) is 3.25. The zero-order chi connectivity index (χ0) is 16.5. The Morgan fingerprint density at radius 1 is 1.00 bits per heavy atom. The van der Waals surface area contributed by atoms with Crippen molar-refractivity contribution in [3.8, 4) is 11.5 Å². The molecule has 2 amide bonds. The third-order valence-corrected chi connectivity index (χ3v) is 3.25. The summed E-state index contributed by atoms with van der Waals surface area (Å²) in [4.78, 5) is 24.7. The van der Waals surface area contributed by atoms with Crippen molar-refractivity contribution in [2.75, 3.05) is 12.1 Å². The van der Waals surface area contributed by atoms with E-state index < -0.39 is 11.0 Å². The van der Waals surface area contributed by atoms with Crippen LogP contribution in [0.1, 0.15) is 34.6 Å². The maximum Gasteiger partial charge on any atom is 0.239 e. The average molecular weight is 306 g/mol. The molecule has 0 atom stereocenters. The molecule has 0 fully saturated rings. The highest BCUT2D eigenvalue weighted by molar-refractivity contribution is 6.10. The number of amides is 2. The summed E-state index contributed by atoms with van der Waals surface area (Å²) >= 11 is 0. The highest BCUT2D eigenvalue weighted by atomic mass is 16.7. The largest absolute Gasteiger partial charge is 0.454 e. The number of carbonyl (C=O) groups is 2. The summed E-state index contributed by atoms with van der Waals surface area (Å²) in [5.41, 5.74) is -1.03. The van der Waals surface area contributed by atoms with Crippen LogP contribution < -0.4 is 20.1 Å². The number of carbonyl (C=O) groups excluding carboxylic acids is 2. The van der Waals surface area contributed by atoms with E-state index >= 15 is 0 Å². The van der Waals surface area contributed by atoms with E-state index in [1.165, 1.54) is 0 Å². The first-order valence-electron chi connectivity index (χ1n) is 7.13. The predicted molar refractivity (Wildman–Crippen MR) is 82.9 cm³/mol. The first-order valence-corrected chi connectivity index (χ1v) is 7.13. The maximum atomic E-state index is 12.4. The maximum absolute atomic E-state index is 12.4. The average Bonchev–Trinajstić information content (AvgIpc) is 2.83. The third kappa shape index (κ3) is 3.50. The molecule has 0 saturated carbocycles. The Morgan fingerprint density at radius 2 is 1.64 bits per heavy atom. The van der Waals surface area contributed by atoms with Gasteiger partial charge in [-0.3, -0.25) is 9.59 Å². The Hall–Kier alpha value is -2.24. The molecule has 0 aromatic heterocycles. The van der Waals surface area contributed by atoms with Gasteiger partial charge in [0.2, 0.25) is 18.6 Å². The van der Waals surface area contributed by atoms with Crippen molar-refractivity contribution in [1.29, 1.82) is 0 Å². The second-order valence-corrected chi connectivity index (χ2v) is 6.85. The first-order chi connectivity index (χ1) is 10.1. The zero-order valence-electron chi connectivity index (χ0n) is 13.6. The van der Waals surface area contributed by atoms with Crippen LogP contribution in [0.3, 0.4) is 0 Å². The lowest BCUT2D eigenvalue weighted by Crippen LogP contribution is -2.51. The van der Waals surface area contributed by atoms with Crippen molar-refractivity contribution in [2.24, 2.45) is 5.41 Å². The van der Waals surface area contributed by atoms with Crippen molar-refractivity contribution in [1.82, 2.24) is 5.32 Å². The summed E-state index contributed by atoms with van der Waals surface area (Å²) in [6, 6.07) is 5.11. The molecular formula is C16H22N2O4. The van der Waals surface area contributed by atoms with Gasteiger partial charge in [-0.1, -0.05) is 0 Å². The standard InChI is InChI=1S/C16H22N2O4/c1-15(2,3)18-14(20)16(4,5)13(19)17-10-6-7-11-12(8-10)22-9-21-11/h6-8H,9H2,1-5H3,(H,17,19)(H,18,20). The lowest BCUT2D eigenvalue weighted by atomic mass is 9.89. The van der Waals surface area contributed by atoms with Gasteiger partial charge in [0.25, 0.3) is 0 Å². The summed E-state index contributed by atoms with van der Waals surface area (Å²) < 4.78 is 10.5. The van der Waals surface area contributed by atoms with Crippen molar-refractivity contribution >= 4 is 17.5 Å². The van der Waals surface area contributed by atoms with Gasteiger partial charge in [0.05, 0.1) is 0 Å². The van der Waals surface area contributed by atoms with Crippen LogP contribution in [0.25, 0.3) is 0 Å². The molecule has 120 valence electrons. The predicted octanol–water partition coefficient (Wildman–Crippen LogP) is 2.29. The van der Waals surface area contributed by atoms with Gasteiger partial charge in [0.15, 0.2) is 11.5 Å². The number of ether oxygens (including phenoxy) is 2. The van der Waals surface area contributed by atoms with E-state index in [4.69, 9.17) is 9.47 Å². The Labute approximate surface area is 130 Å². The Morgan fingerprint density at radius 3 is 2.27 bits per heavy atom. The molecule has 1 aliphatic rings. The summed E-state index contributed by atoms with van der Waals surface area (Å²) in [7, 11) is 0. The molecule has 0 aliphatic carbocycles. The van der Waals surface area contributed by atoms with Crippen LogP contribution in [-0.2, 0) is 9.59 Å².